The van der Waals surface area contributed by atoms with E-state index in [1.54, 1.807) is 6.07 Å². The molecule has 1 aromatic carbocycles. The fourth-order valence-electron chi connectivity index (χ4n) is 1.00. The van der Waals surface area contributed by atoms with Gasteiger partial charge in [-0.15, -0.1) is 0 Å². The predicted octanol–water partition coefficient (Wildman–Crippen LogP) is 1.96. The van der Waals surface area contributed by atoms with Crippen LogP contribution in [0.4, 0.5) is 4.39 Å². The average Bonchev–Trinajstić information content (AvgIpc) is 2.03. The highest BCUT2D eigenvalue weighted by atomic mass is 19.1. The number of hydrogen-bond donors (Lipinski definition) is 1. The molecule has 0 aliphatic heterocycles. The Bertz CT molecular complexity index is 235. The van der Waals surface area contributed by atoms with Crippen LogP contribution in [0.1, 0.15) is 17.3 Å². The molecule has 0 unspecified atom stereocenters. The van der Waals surface area contributed by atoms with E-state index in [0.29, 0.717) is 5.56 Å². The molecule has 0 spiro atoms. The van der Waals surface area contributed by atoms with Gasteiger partial charge in [-0.3, -0.25) is 0 Å². The van der Waals surface area contributed by atoms with Crippen LogP contribution in [0.25, 0.3) is 0 Å². The van der Waals surface area contributed by atoms with Gasteiger partial charge in [0.15, 0.2) is 0 Å². The largest absolute Gasteiger partial charge is 0.327 e. The molecule has 2 heteroatoms. The average molecular weight is 153 g/mol. The Morgan fingerprint density at radius 3 is 2.82 bits per heavy atom. The maximum atomic E-state index is 12.9. The van der Waals surface area contributed by atoms with Gasteiger partial charge in [-0.25, -0.2) is 4.39 Å². The van der Waals surface area contributed by atoms with Gasteiger partial charge in [0.2, 0.25) is 0 Å². The lowest BCUT2D eigenvalue weighted by Gasteiger charge is -2.05. The highest BCUT2D eigenvalue weighted by Crippen LogP contribution is 2.16. The van der Waals surface area contributed by atoms with Crippen molar-refractivity contribution in [2.45, 2.75) is 13.1 Å². The quantitative estimate of drug-likeness (QED) is 0.690. The Morgan fingerprint density at radius 2 is 2.27 bits per heavy atom. The molecular formula is C9H12FN. The molecule has 0 fully saturated rings. The summed E-state index contributed by atoms with van der Waals surface area (Å²) in [7, 11) is 0. The molecular weight excluding hydrogens is 141 g/mol. The van der Waals surface area contributed by atoms with Crippen LogP contribution in [-0.2, 0) is 0 Å². The second-order valence-electron chi connectivity index (χ2n) is 2.62. The summed E-state index contributed by atoms with van der Waals surface area (Å²) in [5.41, 5.74) is 6.92. The second-order valence-corrected chi connectivity index (χ2v) is 2.62. The van der Waals surface area contributed by atoms with Crippen LogP contribution in [0.3, 0.4) is 0 Å². The van der Waals surface area contributed by atoms with Gasteiger partial charge in [-0.1, -0.05) is 29.8 Å². The summed E-state index contributed by atoms with van der Waals surface area (Å²) in [5.74, 6) is 0. The standard InChI is InChI=1S/C9H12FN/c1-7-3-2-4-8(5-7)9(10)6-11/h2-5,9H,6,11H2,1H3/t9-/m1/s1. The van der Waals surface area contributed by atoms with Gasteiger partial charge < -0.3 is 5.73 Å². The molecule has 1 aromatic rings. The number of alkyl halides is 1. The molecule has 1 rings (SSSR count). The van der Waals surface area contributed by atoms with E-state index >= 15 is 0 Å². The molecule has 0 saturated heterocycles. The molecule has 0 bridgehead atoms. The Kier molecular flexibility index (Phi) is 2.60. The lowest BCUT2D eigenvalue weighted by molar-refractivity contribution is 0.353. The van der Waals surface area contributed by atoms with E-state index in [1.165, 1.54) is 0 Å². The smallest absolute Gasteiger partial charge is 0.137 e. The van der Waals surface area contributed by atoms with Gasteiger partial charge in [-0.2, -0.15) is 0 Å². The van der Waals surface area contributed by atoms with E-state index in [-0.39, 0.29) is 6.54 Å². The van der Waals surface area contributed by atoms with Crippen molar-refractivity contribution in [2.24, 2.45) is 5.73 Å². The molecule has 60 valence electrons. The topological polar surface area (TPSA) is 26.0 Å². The minimum Gasteiger partial charge on any atom is -0.327 e. The molecule has 0 aliphatic carbocycles. The normalized spacial score (nSPS) is 13.0. The zero-order valence-corrected chi connectivity index (χ0v) is 6.55. The minimum atomic E-state index is -1.02. The van der Waals surface area contributed by atoms with Crippen molar-refractivity contribution < 1.29 is 4.39 Å². The van der Waals surface area contributed by atoms with Crippen LogP contribution in [0, 0.1) is 6.92 Å². The number of hydrogen-bond acceptors (Lipinski definition) is 1. The van der Waals surface area contributed by atoms with Crippen molar-refractivity contribution in [3.8, 4) is 0 Å². The van der Waals surface area contributed by atoms with E-state index in [2.05, 4.69) is 0 Å². The van der Waals surface area contributed by atoms with Crippen molar-refractivity contribution in [3.63, 3.8) is 0 Å². The third kappa shape index (κ3) is 2.02. The SMILES string of the molecule is Cc1cccc([C@H](F)CN)c1. The molecule has 0 saturated carbocycles. The fraction of sp³-hybridized carbons (Fsp3) is 0.333. The second kappa shape index (κ2) is 3.49. The van der Waals surface area contributed by atoms with Gasteiger partial charge in [0.1, 0.15) is 6.17 Å². The van der Waals surface area contributed by atoms with E-state index in [4.69, 9.17) is 5.73 Å². The summed E-state index contributed by atoms with van der Waals surface area (Å²) in [4.78, 5) is 0. The van der Waals surface area contributed by atoms with E-state index < -0.39 is 6.17 Å². The first-order valence-electron chi connectivity index (χ1n) is 3.64. The lowest BCUT2D eigenvalue weighted by atomic mass is 10.1. The zero-order valence-electron chi connectivity index (χ0n) is 6.55. The first kappa shape index (κ1) is 8.21. The molecule has 0 heterocycles. The lowest BCUT2D eigenvalue weighted by Crippen LogP contribution is -2.07. The van der Waals surface area contributed by atoms with E-state index in [1.807, 2.05) is 25.1 Å². The summed E-state index contributed by atoms with van der Waals surface area (Å²) < 4.78 is 12.9. The van der Waals surface area contributed by atoms with Gasteiger partial charge in [-0.05, 0) is 12.5 Å². The van der Waals surface area contributed by atoms with Crippen molar-refractivity contribution >= 4 is 0 Å². The van der Waals surface area contributed by atoms with Crippen molar-refractivity contribution in [3.05, 3.63) is 35.4 Å². The van der Waals surface area contributed by atoms with E-state index in [0.717, 1.165) is 5.56 Å². The highest BCUT2D eigenvalue weighted by Gasteiger charge is 2.05. The maximum absolute atomic E-state index is 12.9. The number of benzene rings is 1. The molecule has 0 aromatic heterocycles. The third-order valence-electron chi connectivity index (χ3n) is 1.61. The first-order valence-corrected chi connectivity index (χ1v) is 3.64. The van der Waals surface area contributed by atoms with Crippen molar-refractivity contribution in [1.29, 1.82) is 0 Å². The molecule has 2 N–H and O–H groups in total. The Morgan fingerprint density at radius 1 is 1.55 bits per heavy atom. The van der Waals surface area contributed by atoms with Crippen LogP contribution in [0.5, 0.6) is 0 Å². The van der Waals surface area contributed by atoms with Gasteiger partial charge >= 0.3 is 0 Å². The minimum absolute atomic E-state index is 0.0590. The number of rotatable bonds is 2. The zero-order chi connectivity index (χ0) is 8.27. The summed E-state index contributed by atoms with van der Waals surface area (Å²) in [5, 5.41) is 0. The Labute approximate surface area is 66.0 Å². The van der Waals surface area contributed by atoms with Crippen LogP contribution in [0.15, 0.2) is 24.3 Å². The Hall–Kier alpha value is -0.890. The number of nitrogens with two attached hydrogens (primary N) is 1. The van der Waals surface area contributed by atoms with Crippen LogP contribution in [-0.4, -0.2) is 6.54 Å². The molecule has 0 aliphatic rings. The van der Waals surface area contributed by atoms with E-state index in [9.17, 15) is 4.39 Å². The predicted molar refractivity (Wildman–Crippen MR) is 44.1 cm³/mol. The monoisotopic (exact) mass is 153 g/mol. The van der Waals surface area contributed by atoms with Crippen molar-refractivity contribution in [2.75, 3.05) is 6.54 Å². The van der Waals surface area contributed by atoms with Gasteiger partial charge in [0, 0.05) is 6.54 Å². The van der Waals surface area contributed by atoms with Crippen LogP contribution < -0.4 is 5.73 Å². The molecule has 0 amide bonds. The first-order chi connectivity index (χ1) is 5.24. The molecule has 1 atom stereocenters. The Balaban J connectivity index is 2.86. The summed E-state index contributed by atoms with van der Waals surface area (Å²) in [6.45, 7) is 2.00. The van der Waals surface area contributed by atoms with Crippen LogP contribution in [0.2, 0.25) is 0 Å². The van der Waals surface area contributed by atoms with Gasteiger partial charge in [0.05, 0.1) is 0 Å². The summed E-state index contributed by atoms with van der Waals surface area (Å²) >= 11 is 0. The third-order valence-corrected chi connectivity index (χ3v) is 1.61. The molecule has 11 heavy (non-hydrogen) atoms. The number of aryl methyl sites for hydroxylation is 1. The van der Waals surface area contributed by atoms with Crippen LogP contribution >= 0.6 is 0 Å². The summed E-state index contributed by atoms with van der Waals surface area (Å²) in [6.07, 6.45) is -1.02. The molecule has 1 nitrogen and oxygen atoms in total. The van der Waals surface area contributed by atoms with Gasteiger partial charge in [0.25, 0.3) is 0 Å². The fourth-order valence-corrected chi connectivity index (χ4v) is 1.00. The highest BCUT2D eigenvalue weighted by molar-refractivity contribution is 5.24. The maximum Gasteiger partial charge on any atom is 0.137 e. The summed E-state index contributed by atoms with van der Waals surface area (Å²) in [6, 6.07) is 7.35. The number of halogens is 1. The molecule has 0 radical (unpaired) electrons. The van der Waals surface area contributed by atoms with Crippen molar-refractivity contribution in [1.82, 2.24) is 0 Å².